The van der Waals surface area contributed by atoms with Crippen LogP contribution in [-0.4, -0.2) is 60.8 Å². The number of carbonyl (C=O) groups excluding carboxylic acids is 1. The molecular formula is C19H29N3O4S. The monoisotopic (exact) mass is 395 g/mol. The van der Waals surface area contributed by atoms with E-state index in [1.54, 1.807) is 0 Å². The average Bonchev–Trinajstić information content (AvgIpc) is 2.60. The van der Waals surface area contributed by atoms with E-state index in [0.29, 0.717) is 26.1 Å². The van der Waals surface area contributed by atoms with Gasteiger partial charge in [-0.05, 0) is 38.3 Å². The van der Waals surface area contributed by atoms with Crippen LogP contribution in [0.25, 0.3) is 0 Å². The van der Waals surface area contributed by atoms with Crippen LogP contribution in [0.2, 0.25) is 0 Å². The first-order valence-corrected chi connectivity index (χ1v) is 10.8. The number of carbonyl (C=O) groups is 1. The number of nitrogens with one attached hydrogen (secondary N) is 1. The predicted octanol–water partition coefficient (Wildman–Crippen LogP) is 1.30. The van der Waals surface area contributed by atoms with Crippen molar-refractivity contribution in [3.8, 4) is 0 Å². The Morgan fingerprint density at radius 1 is 1.22 bits per heavy atom. The van der Waals surface area contributed by atoms with E-state index < -0.39 is 16.3 Å². The highest BCUT2D eigenvalue weighted by molar-refractivity contribution is 7.86. The molecule has 3 rings (SSSR count). The van der Waals surface area contributed by atoms with Crippen molar-refractivity contribution in [3.63, 3.8) is 0 Å². The minimum atomic E-state index is -3.66. The summed E-state index contributed by atoms with van der Waals surface area (Å²) < 4.78 is 35.0. The molecule has 1 N–H and O–H groups in total. The third-order valence-electron chi connectivity index (χ3n) is 4.83. The molecule has 0 aliphatic carbocycles. The van der Waals surface area contributed by atoms with E-state index in [-0.39, 0.29) is 31.0 Å². The molecule has 8 heteroatoms. The smallest absolute Gasteiger partial charge is 0.282 e. The number of ether oxygens (including phenoxy) is 1. The Kier molecular flexibility index (Phi) is 5.90. The van der Waals surface area contributed by atoms with E-state index >= 15 is 0 Å². The lowest BCUT2D eigenvalue weighted by molar-refractivity contribution is -0.124. The van der Waals surface area contributed by atoms with Gasteiger partial charge in [0.1, 0.15) is 0 Å². The quantitative estimate of drug-likeness (QED) is 0.833. The van der Waals surface area contributed by atoms with Crippen molar-refractivity contribution in [2.75, 3.05) is 26.3 Å². The lowest BCUT2D eigenvalue weighted by Crippen LogP contribution is -2.56. The number of benzene rings is 1. The number of rotatable bonds is 4. The molecule has 150 valence electrons. The van der Waals surface area contributed by atoms with Crippen LogP contribution in [0, 0.1) is 0 Å². The van der Waals surface area contributed by atoms with Gasteiger partial charge in [0.25, 0.3) is 10.2 Å². The molecule has 2 heterocycles. The molecule has 1 saturated heterocycles. The maximum absolute atomic E-state index is 13.3. The molecule has 2 aliphatic heterocycles. The maximum atomic E-state index is 13.3. The van der Waals surface area contributed by atoms with Crippen LogP contribution in [0.5, 0.6) is 0 Å². The van der Waals surface area contributed by atoms with Crippen LogP contribution in [0.1, 0.15) is 38.3 Å². The molecule has 0 radical (unpaired) electrons. The minimum Gasteiger partial charge on any atom is -0.378 e. The Morgan fingerprint density at radius 3 is 2.63 bits per heavy atom. The molecule has 1 aromatic carbocycles. The number of hydrogen-bond donors (Lipinski definition) is 1. The first kappa shape index (κ1) is 20.3. The summed E-state index contributed by atoms with van der Waals surface area (Å²) in [5, 5.41) is 2.90. The van der Waals surface area contributed by atoms with Crippen molar-refractivity contribution in [2.45, 2.75) is 51.7 Å². The lowest BCUT2D eigenvalue weighted by Gasteiger charge is -2.39. The lowest BCUT2D eigenvalue weighted by atomic mass is 10.0. The standard InChI is InChI=1S/C19H29N3O4S/c1-19(2,3)20-18(23)12-17-14-26-11-10-22(17)27(24,25)21-9-8-15-6-4-5-7-16(15)13-21/h4-7,17H,8-14H2,1-3H3,(H,20,23)/t17-/m0/s1. The van der Waals surface area contributed by atoms with E-state index in [4.69, 9.17) is 4.74 Å². The van der Waals surface area contributed by atoms with E-state index in [9.17, 15) is 13.2 Å². The summed E-state index contributed by atoms with van der Waals surface area (Å²) in [4.78, 5) is 12.3. The third-order valence-corrected chi connectivity index (χ3v) is 6.86. The second kappa shape index (κ2) is 7.87. The van der Waals surface area contributed by atoms with E-state index in [0.717, 1.165) is 5.56 Å². The Morgan fingerprint density at radius 2 is 1.93 bits per heavy atom. The molecule has 1 atom stereocenters. The Labute approximate surface area is 161 Å². The van der Waals surface area contributed by atoms with Gasteiger partial charge in [-0.3, -0.25) is 4.79 Å². The summed E-state index contributed by atoms with van der Waals surface area (Å²) in [5.41, 5.74) is 1.89. The zero-order valence-corrected chi connectivity index (χ0v) is 17.1. The van der Waals surface area contributed by atoms with Gasteiger partial charge < -0.3 is 10.1 Å². The molecule has 1 fully saturated rings. The molecule has 0 saturated carbocycles. The highest BCUT2D eigenvalue weighted by Crippen LogP contribution is 2.25. The maximum Gasteiger partial charge on any atom is 0.282 e. The Hall–Kier alpha value is -1.48. The van der Waals surface area contributed by atoms with Gasteiger partial charge in [0.15, 0.2) is 0 Å². The molecule has 0 spiro atoms. The fourth-order valence-electron chi connectivity index (χ4n) is 3.60. The van der Waals surface area contributed by atoms with Crippen molar-refractivity contribution in [1.82, 2.24) is 13.9 Å². The molecule has 27 heavy (non-hydrogen) atoms. The summed E-state index contributed by atoms with van der Waals surface area (Å²) in [7, 11) is -3.66. The number of fused-ring (bicyclic) bond motifs is 1. The van der Waals surface area contributed by atoms with Gasteiger partial charge in [0.2, 0.25) is 5.91 Å². The van der Waals surface area contributed by atoms with Crippen molar-refractivity contribution in [3.05, 3.63) is 35.4 Å². The third kappa shape index (κ3) is 4.87. The Balaban J connectivity index is 1.74. The van der Waals surface area contributed by atoms with Crippen molar-refractivity contribution in [2.24, 2.45) is 0 Å². The van der Waals surface area contributed by atoms with Crippen LogP contribution in [0.15, 0.2) is 24.3 Å². The van der Waals surface area contributed by atoms with Crippen molar-refractivity contribution >= 4 is 16.1 Å². The zero-order chi connectivity index (χ0) is 19.7. The number of nitrogens with zero attached hydrogens (tertiary/aromatic N) is 2. The van der Waals surface area contributed by atoms with Crippen LogP contribution < -0.4 is 5.32 Å². The second-order valence-corrected chi connectivity index (χ2v) is 10.1. The van der Waals surface area contributed by atoms with E-state index in [2.05, 4.69) is 5.32 Å². The first-order valence-electron chi connectivity index (χ1n) is 9.39. The molecule has 0 unspecified atom stereocenters. The largest absolute Gasteiger partial charge is 0.378 e. The van der Waals surface area contributed by atoms with Gasteiger partial charge in [-0.25, -0.2) is 0 Å². The van der Waals surface area contributed by atoms with Gasteiger partial charge in [-0.15, -0.1) is 0 Å². The average molecular weight is 396 g/mol. The minimum absolute atomic E-state index is 0.0981. The van der Waals surface area contributed by atoms with Gasteiger partial charge in [-0.2, -0.15) is 17.0 Å². The summed E-state index contributed by atoms with van der Waals surface area (Å²) in [6.45, 7) is 7.40. The van der Waals surface area contributed by atoms with Gasteiger partial charge in [0, 0.05) is 31.6 Å². The number of amides is 1. The molecular weight excluding hydrogens is 366 g/mol. The summed E-state index contributed by atoms with van der Waals surface area (Å²) in [5.74, 6) is -0.165. The predicted molar refractivity (Wildman–Crippen MR) is 103 cm³/mol. The molecule has 1 amide bonds. The van der Waals surface area contributed by atoms with Crippen LogP contribution >= 0.6 is 0 Å². The molecule has 0 bridgehead atoms. The number of morpholine rings is 1. The van der Waals surface area contributed by atoms with Gasteiger partial charge in [0.05, 0.1) is 19.3 Å². The van der Waals surface area contributed by atoms with E-state index in [1.807, 2.05) is 45.0 Å². The summed E-state index contributed by atoms with van der Waals surface area (Å²) in [6.07, 6.45) is 0.801. The molecule has 0 aromatic heterocycles. The highest BCUT2D eigenvalue weighted by Gasteiger charge is 2.39. The van der Waals surface area contributed by atoms with Crippen LogP contribution in [-0.2, 0) is 32.7 Å². The van der Waals surface area contributed by atoms with Gasteiger partial charge >= 0.3 is 0 Å². The fourth-order valence-corrected chi connectivity index (χ4v) is 5.34. The fraction of sp³-hybridized carbons (Fsp3) is 0.632. The van der Waals surface area contributed by atoms with Gasteiger partial charge in [-0.1, -0.05) is 24.3 Å². The second-order valence-electron chi connectivity index (χ2n) is 8.20. The van der Waals surface area contributed by atoms with Crippen LogP contribution in [0.4, 0.5) is 0 Å². The zero-order valence-electron chi connectivity index (χ0n) is 16.3. The molecule has 2 aliphatic rings. The van der Waals surface area contributed by atoms with Crippen molar-refractivity contribution in [1.29, 1.82) is 0 Å². The molecule has 7 nitrogen and oxygen atoms in total. The SMILES string of the molecule is CC(C)(C)NC(=O)C[C@H]1COCCN1S(=O)(=O)N1CCc2ccccc2C1. The molecule has 1 aromatic rings. The van der Waals surface area contributed by atoms with Crippen LogP contribution in [0.3, 0.4) is 0 Å². The Bertz CT molecular complexity index is 788. The first-order chi connectivity index (χ1) is 12.7. The summed E-state index contributed by atoms with van der Waals surface area (Å²) in [6, 6.07) is 7.46. The van der Waals surface area contributed by atoms with Crippen molar-refractivity contribution < 1.29 is 17.9 Å². The number of hydrogen-bond acceptors (Lipinski definition) is 4. The highest BCUT2D eigenvalue weighted by atomic mass is 32.2. The topological polar surface area (TPSA) is 79.0 Å². The normalized spacial score (nSPS) is 22.3. The van der Waals surface area contributed by atoms with E-state index in [1.165, 1.54) is 14.2 Å². The summed E-state index contributed by atoms with van der Waals surface area (Å²) >= 11 is 0.